The molecule has 0 aromatic heterocycles. The Bertz CT molecular complexity index is 1090. The molecule has 3 aliphatic rings. The Morgan fingerprint density at radius 2 is 1.77 bits per heavy atom. The molecule has 1 saturated heterocycles. The summed E-state index contributed by atoms with van der Waals surface area (Å²) in [5.74, 6) is 0.0774. The number of likely N-dealkylation sites (N-methyl/N-ethyl adjacent to an activating group) is 1. The lowest BCUT2D eigenvalue weighted by Crippen LogP contribution is -2.57. The normalized spacial score (nSPS) is 22.5. The average Bonchev–Trinajstić information content (AvgIpc) is 3.02. The van der Waals surface area contributed by atoms with Crippen LogP contribution in [0, 0.1) is 0 Å². The fourth-order valence-electron chi connectivity index (χ4n) is 3.99. The molecule has 2 N–H and O–H groups in total. The van der Waals surface area contributed by atoms with Crippen molar-refractivity contribution in [2.75, 3.05) is 38.3 Å². The molecule has 2 aromatic rings. The lowest BCUT2D eigenvalue weighted by Gasteiger charge is -2.35. The number of fused-ring (bicyclic) bond motifs is 2. The van der Waals surface area contributed by atoms with Crippen molar-refractivity contribution in [1.29, 1.82) is 0 Å². The predicted molar refractivity (Wildman–Crippen MR) is 116 cm³/mol. The fourth-order valence-corrected chi connectivity index (χ4v) is 3.99. The largest absolute Gasteiger partial charge is 0.378 e. The summed E-state index contributed by atoms with van der Waals surface area (Å²) < 4.78 is 5.45. The van der Waals surface area contributed by atoms with E-state index < -0.39 is 5.66 Å². The molecule has 9 nitrogen and oxygen atoms in total. The number of carbonyl (C=O) groups excluding carboxylic acids is 2. The van der Waals surface area contributed by atoms with Gasteiger partial charge in [0.25, 0.3) is 17.5 Å². The van der Waals surface area contributed by atoms with Gasteiger partial charge in [-0.1, -0.05) is 36.4 Å². The zero-order valence-electron chi connectivity index (χ0n) is 17.0. The summed E-state index contributed by atoms with van der Waals surface area (Å²) in [7, 11) is 1.71. The standard InChI is InChI=1S/C22H22N6O3/c1-27-17-10-6-5-9-16(17)22(19(27)30)25-20(23-18(29)15-7-3-2-4-8-15)24-21(26-22)28-11-13-31-14-12-28/h2-10H,11-14H2,1H3,(H2,23,24,25,26,29). The minimum Gasteiger partial charge on any atom is -0.378 e. The maximum absolute atomic E-state index is 13.4. The molecule has 0 radical (unpaired) electrons. The van der Waals surface area contributed by atoms with Crippen LogP contribution < -0.4 is 15.5 Å². The van der Waals surface area contributed by atoms with Crippen LogP contribution in [0.15, 0.2) is 64.6 Å². The minimum absolute atomic E-state index is 0.184. The molecule has 158 valence electrons. The zero-order chi connectivity index (χ0) is 21.4. The van der Waals surface area contributed by atoms with Crippen molar-refractivity contribution in [3.63, 3.8) is 0 Å². The number of rotatable bonds is 1. The van der Waals surface area contributed by atoms with Gasteiger partial charge in [0.2, 0.25) is 11.9 Å². The first kappa shape index (κ1) is 19.3. The molecule has 1 spiro atoms. The number of para-hydroxylation sites is 1. The predicted octanol–water partition coefficient (Wildman–Crippen LogP) is 0.893. The number of benzene rings is 2. The second-order valence-corrected chi connectivity index (χ2v) is 7.49. The van der Waals surface area contributed by atoms with Gasteiger partial charge in [0.15, 0.2) is 0 Å². The smallest absolute Gasteiger partial charge is 0.282 e. The van der Waals surface area contributed by atoms with Crippen molar-refractivity contribution >= 4 is 29.4 Å². The lowest BCUT2D eigenvalue weighted by molar-refractivity contribution is -0.122. The molecule has 0 aliphatic carbocycles. The Labute approximate surface area is 179 Å². The number of nitrogens with zero attached hydrogens (tertiary/aromatic N) is 4. The van der Waals surface area contributed by atoms with Crippen LogP contribution >= 0.6 is 0 Å². The second-order valence-electron chi connectivity index (χ2n) is 7.49. The van der Waals surface area contributed by atoms with Gasteiger partial charge in [0.1, 0.15) is 0 Å². The van der Waals surface area contributed by atoms with Crippen molar-refractivity contribution in [2.45, 2.75) is 5.66 Å². The number of carbonyl (C=O) groups is 2. The SMILES string of the molecule is CN1C(=O)C2(N=C(NC(=O)c3ccccc3)NC(N3CCOCC3)=N2)c2ccccc21. The molecule has 3 aliphatic heterocycles. The first-order valence-electron chi connectivity index (χ1n) is 10.1. The first-order valence-corrected chi connectivity index (χ1v) is 10.1. The van der Waals surface area contributed by atoms with E-state index in [4.69, 9.17) is 9.73 Å². The van der Waals surface area contributed by atoms with Crippen LogP contribution in [-0.4, -0.2) is 62.0 Å². The second kappa shape index (κ2) is 7.51. The highest BCUT2D eigenvalue weighted by Crippen LogP contribution is 2.44. The molecule has 1 fully saturated rings. The van der Waals surface area contributed by atoms with Crippen molar-refractivity contribution < 1.29 is 14.3 Å². The summed E-state index contributed by atoms with van der Waals surface area (Å²) in [6.45, 7) is 2.35. The Morgan fingerprint density at radius 1 is 1.06 bits per heavy atom. The number of hydrogen-bond donors (Lipinski definition) is 2. The third-order valence-electron chi connectivity index (χ3n) is 5.59. The van der Waals surface area contributed by atoms with E-state index in [1.165, 1.54) is 0 Å². The Kier molecular flexibility index (Phi) is 4.67. The van der Waals surface area contributed by atoms with Crippen LogP contribution in [0.25, 0.3) is 0 Å². The van der Waals surface area contributed by atoms with Gasteiger partial charge in [0.05, 0.1) is 18.9 Å². The molecule has 0 bridgehead atoms. The van der Waals surface area contributed by atoms with E-state index in [-0.39, 0.29) is 17.8 Å². The van der Waals surface area contributed by atoms with Crippen LogP contribution in [-0.2, 0) is 15.2 Å². The van der Waals surface area contributed by atoms with Gasteiger partial charge in [-0.15, -0.1) is 0 Å². The molecule has 5 rings (SSSR count). The van der Waals surface area contributed by atoms with E-state index in [0.29, 0.717) is 43.4 Å². The number of morpholine rings is 1. The van der Waals surface area contributed by atoms with E-state index in [1.807, 2.05) is 35.2 Å². The van der Waals surface area contributed by atoms with Gasteiger partial charge in [-0.2, -0.15) is 0 Å². The van der Waals surface area contributed by atoms with E-state index in [9.17, 15) is 9.59 Å². The molecule has 3 heterocycles. The number of anilines is 1. The number of ether oxygens (including phenoxy) is 1. The van der Waals surface area contributed by atoms with Crippen LogP contribution in [0.1, 0.15) is 15.9 Å². The van der Waals surface area contributed by atoms with Crippen molar-refractivity contribution in [3.05, 3.63) is 65.7 Å². The number of nitrogens with one attached hydrogen (secondary N) is 2. The summed E-state index contributed by atoms with van der Waals surface area (Å²) >= 11 is 0. The molecule has 2 amide bonds. The number of guanidine groups is 2. The van der Waals surface area contributed by atoms with Crippen LogP contribution in [0.4, 0.5) is 5.69 Å². The minimum atomic E-state index is -1.48. The molecular weight excluding hydrogens is 396 g/mol. The lowest BCUT2D eigenvalue weighted by atomic mass is 10.0. The number of aliphatic imine (C=N–C) groups is 2. The first-order chi connectivity index (χ1) is 15.1. The molecule has 1 unspecified atom stereocenters. The van der Waals surface area contributed by atoms with E-state index >= 15 is 0 Å². The average molecular weight is 418 g/mol. The molecule has 2 aromatic carbocycles. The molecule has 31 heavy (non-hydrogen) atoms. The summed E-state index contributed by atoms with van der Waals surface area (Å²) in [5.41, 5.74) is 0.439. The van der Waals surface area contributed by atoms with E-state index in [1.54, 1.807) is 36.2 Å². The zero-order valence-corrected chi connectivity index (χ0v) is 17.0. The van der Waals surface area contributed by atoms with Gasteiger partial charge in [-0.05, 0) is 18.2 Å². The monoisotopic (exact) mass is 418 g/mol. The summed E-state index contributed by atoms with van der Waals surface area (Å²) in [5, 5.41) is 5.92. The van der Waals surface area contributed by atoms with Gasteiger partial charge in [-0.3, -0.25) is 20.2 Å². The van der Waals surface area contributed by atoms with Gasteiger partial charge < -0.3 is 14.5 Å². The number of amides is 2. The van der Waals surface area contributed by atoms with Crippen molar-refractivity contribution in [1.82, 2.24) is 15.5 Å². The highest BCUT2D eigenvalue weighted by atomic mass is 16.5. The van der Waals surface area contributed by atoms with Crippen molar-refractivity contribution in [2.24, 2.45) is 9.98 Å². The van der Waals surface area contributed by atoms with E-state index in [2.05, 4.69) is 15.6 Å². The third-order valence-corrected chi connectivity index (χ3v) is 5.59. The van der Waals surface area contributed by atoms with Crippen LogP contribution in [0.3, 0.4) is 0 Å². The molecule has 1 atom stereocenters. The highest BCUT2D eigenvalue weighted by Gasteiger charge is 2.52. The summed E-state index contributed by atoms with van der Waals surface area (Å²) in [6, 6.07) is 16.3. The molecule has 9 heteroatoms. The molecule has 0 saturated carbocycles. The van der Waals surface area contributed by atoms with Crippen molar-refractivity contribution in [3.8, 4) is 0 Å². The van der Waals surface area contributed by atoms with Crippen LogP contribution in [0.2, 0.25) is 0 Å². The molecular formula is C22H22N6O3. The maximum Gasteiger partial charge on any atom is 0.282 e. The Balaban J connectivity index is 1.57. The van der Waals surface area contributed by atoms with Crippen LogP contribution in [0.5, 0.6) is 0 Å². The number of hydrogen-bond acceptors (Lipinski definition) is 7. The Hall–Kier alpha value is -3.72. The fraction of sp³-hybridized carbons (Fsp3) is 0.273. The summed E-state index contributed by atoms with van der Waals surface area (Å²) in [4.78, 5) is 39.2. The maximum atomic E-state index is 13.4. The Morgan fingerprint density at radius 3 is 2.55 bits per heavy atom. The van der Waals surface area contributed by atoms with Gasteiger partial charge >= 0.3 is 0 Å². The summed E-state index contributed by atoms with van der Waals surface area (Å²) in [6.07, 6.45) is 0. The third kappa shape index (κ3) is 3.23. The topological polar surface area (TPSA) is 98.6 Å². The van der Waals surface area contributed by atoms with Gasteiger partial charge in [0, 0.05) is 31.3 Å². The quantitative estimate of drug-likeness (QED) is 0.717. The van der Waals surface area contributed by atoms with Gasteiger partial charge in [-0.25, -0.2) is 9.98 Å². The van der Waals surface area contributed by atoms with E-state index in [0.717, 1.165) is 5.69 Å². The highest BCUT2D eigenvalue weighted by molar-refractivity contribution is 6.15.